The summed E-state index contributed by atoms with van der Waals surface area (Å²) < 4.78 is 5.73. The van der Waals surface area contributed by atoms with Gasteiger partial charge in [0, 0.05) is 0 Å². The molecule has 5 fully saturated rings. The van der Waals surface area contributed by atoms with E-state index in [0.29, 0.717) is 0 Å². The van der Waals surface area contributed by atoms with Gasteiger partial charge in [0.2, 0.25) is 5.89 Å². The lowest BCUT2D eigenvalue weighted by Crippen LogP contribution is -2.49. The minimum Gasteiger partial charge on any atom is -0.339 e. The van der Waals surface area contributed by atoms with Gasteiger partial charge in [-0.25, -0.2) is 0 Å². The van der Waals surface area contributed by atoms with Gasteiger partial charge >= 0.3 is 0 Å². The summed E-state index contributed by atoms with van der Waals surface area (Å²) in [6.07, 6.45) is 11.4. The molecule has 0 radical (unpaired) electrons. The largest absolute Gasteiger partial charge is 0.339 e. The Morgan fingerprint density at radius 3 is 2.10 bits per heavy atom. The van der Waals surface area contributed by atoms with Crippen LogP contribution < -0.4 is 5.73 Å². The Morgan fingerprint density at radius 2 is 1.60 bits per heavy atom. The van der Waals surface area contributed by atoms with Crippen LogP contribution in [-0.2, 0) is 11.0 Å². The molecule has 4 nitrogen and oxygen atoms in total. The maximum atomic E-state index is 6.34. The summed E-state index contributed by atoms with van der Waals surface area (Å²) in [6.45, 7) is 0. The van der Waals surface area contributed by atoms with E-state index < -0.39 is 0 Å². The predicted octanol–water partition coefficient (Wildman–Crippen LogP) is 2.88. The molecule has 1 aromatic rings. The van der Waals surface area contributed by atoms with E-state index in [1.807, 2.05) is 0 Å². The van der Waals surface area contributed by atoms with Crippen LogP contribution in [0.5, 0.6) is 0 Å². The molecule has 0 saturated heterocycles. The van der Waals surface area contributed by atoms with Crippen molar-refractivity contribution in [2.75, 3.05) is 0 Å². The summed E-state index contributed by atoms with van der Waals surface area (Å²) in [7, 11) is 0. The zero-order valence-corrected chi connectivity index (χ0v) is 12.0. The van der Waals surface area contributed by atoms with Gasteiger partial charge in [0.15, 0.2) is 5.82 Å². The van der Waals surface area contributed by atoms with Crippen molar-refractivity contribution in [3.8, 4) is 0 Å². The van der Waals surface area contributed by atoms with Gasteiger partial charge in [-0.15, -0.1) is 0 Å². The van der Waals surface area contributed by atoms with E-state index >= 15 is 0 Å². The Labute approximate surface area is 119 Å². The van der Waals surface area contributed by atoms with Gasteiger partial charge in [0.05, 0.1) is 11.0 Å². The zero-order chi connectivity index (χ0) is 13.4. The Morgan fingerprint density at radius 1 is 1.00 bits per heavy atom. The van der Waals surface area contributed by atoms with Gasteiger partial charge in [0.1, 0.15) is 0 Å². The number of hydrogen-bond donors (Lipinski definition) is 1. The van der Waals surface area contributed by atoms with Gasteiger partial charge in [-0.1, -0.05) is 5.16 Å². The third kappa shape index (κ3) is 1.46. The first kappa shape index (κ1) is 11.7. The molecule has 0 atom stereocenters. The number of nitrogens with two attached hydrogens (primary N) is 1. The lowest BCUT2D eigenvalue weighted by atomic mass is 9.49. The quantitative estimate of drug-likeness (QED) is 0.900. The van der Waals surface area contributed by atoms with Crippen molar-refractivity contribution in [1.29, 1.82) is 0 Å². The van der Waals surface area contributed by atoms with Gasteiger partial charge in [-0.3, -0.25) is 0 Å². The molecule has 0 aromatic carbocycles. The fourth-order valence-corrected chi connectivity index (χ4v) is 5.79. The first-order chi connectivity index (χ1) is 9.65. The van der Waals surface area contributed by atoms with Crippen LogP contribution in [0.15, 0.2) is 4.52 Å². The fraction of sp³-hybridized carbons (Fsp3) is 0.875. The molecule has 6 rings (SSSR count). The first-order valence-corrected chi connectivity index (χ1v) is 8.29. The van der Waals surface area contributed by atoms with Crippen LogP contribution in [0.2, 0.25) is 0 Å². The normalized spacial score (nSPS) is 44.5. The van der Waals surface area contributed by atoms with E-state index in [1.165, 1.54) is 44.9 Å². The summed E-state index contributed by atoms with van der Waals surface area (Å²) >= 11 is 0. The lowest BCUT2D eigenvalue weighted by Gasteiger charge is -2.55. The van der Waals surface area contributed by atoms with E-state index in [0.717, 1.165) is 42.3 Å². The smallest absolute Gasteiger partial charge is 0.232 e. The summed E-state index contributed by atoms with van der Waals surface area (Å²) in [5.41, 5.74) is 6.26. The molecule has 0 aliphatic heterocycles. The van der Waals surface area contributed by atoms with Gasteiger partial charge in [-0.2, -0.15) is 4.98 Å². The van der Waals surface area contributed by atoms with Crippen LogP contribution in [0.4, 0.5) is 0 Å². The molecule has 1 aromatic heterocycles. The molecule has 5 aliphatic carbocycles. The van der Waals surface area contributed by atoms with E-state index in [2.05, 4.69) is 5.16 Å². The highest BCUT2D eigenvalue weighted by Crippen LogP contribution is 2.60. The van der Waals surface area contributed by atoms with Crippen molar-refractivity contribution in [2.24, 2.45) is 23.5 Å². The maximum Gasteiger partial charge on any atom is 0.232 e. The van der Waals surface area contributed by atoms with Crippen LogP contribution in [0.1, 0.15) is 69.5 Å². The van der Waals surface area contributed by atoms with Crippen LogP contribution in [0, 0.1) is 17.8 Å². The Balaban J connectivity index is 1.50. The number of aromatic nitrogens is 2. The molecule has 0 unspecified atom stereocenters. The molecule has 0 amide bonds. The molecule has 2 N–H and O–H groups in total. The minimum atomic E-state index is -0.288. The SMILES string of the molecule is NC1(c2noc(C34CC5CC(CC(C5)C3)C4)n2)CCC1. The molecule has 5 aliphatic rings. The number of rotatable bonds is 2. The van der Waals surface area contributed by atoms with Gasteiger partial charge in [0.25, 0.3) is 0 Å². The van der Waals surface area contributed by atoms with Gasteiger partial charge in [-0.05, 0) is 75.5 Å². The van der Waals surface area contributed by atoms with Crippen LogP contribution in [-0.4, -0.2) is 10.1 Å². The van der Waals surface area contributed by atoms with Crippen molar-refractivity contribution >= 4 is 0 Å². The van der Waals surface area contributed by atoms with Crippen molar-refractivity contribution in [3.05, 3.63) is 11.7 Å². The van der Waals surface area contributed by atoms with Crippen molar-refractivity contribution < 1.29 is 4.52 Å². The summed E-state index contributed by atoms with van der Waals surface area (Å²) in [6, 6.07) is 0. The summed E-state index contributed by atoms with van der Waals surface area (Å²) in [5, 5.41) is 4.26. The Hall–Kier alpha value is -0.900. The third-order valence-electron chi connectivity index (χ3n) is 6.61. The molecule has 4 bridgehead atoms. The van der Waals surface area contributed by atoms with E-state index in [1.54, 1.807) is 0 Å². The van der Waals surface area contributed by atoms with Crippen LogP contribution in [0.25, 0.3) is 0 Å². The molecule has 5 saturated carbocycles. The number of hydrogen-bond acceptors (Lipinski definition) is 4. The van der Waals surface area contributed by atoms with E-state index in [4.69, 9.17) is 15.2 Å². The highest BCUT2D eigenvalue weighted by atomic mass is 16.5. The minimum absolute atomic E-state index is 0.208. The first-order valence-electron chi connectivity index (χ1n) is 8.29. The second kappa shape index (κ2) is 3.65. The standard InChI is InChI=1S/C16H23N3O/c17-16(2-1-3-16)13-18-14(20-19-13)15-7-10-4-11(8-15)6-12(5-10)9-15/h10-12H,1-9,17H2. The molecule has 4 heteroatoms. The van der Waals surface area contributed by atoms with Crippen molar-refractivity contribution in [1.82, 2.24) is 10.1 Å². The van der Waals surface area contributed by atoms with Gasteiger partial charge < -0.3 is 10.3 Å². The highest BCUT2D eigenvalue weighted by Gasteiger charge is 2.55. The highest BCUT2D eigenvalue weighted by molar-refractivity contribution is 5.18. The summed E-state index contributed by atoms with van der Waals surface area (Å²) in [5.74, 6) is 4.42. The second-order valence-corrected chi connectivity index (χ2v) is 8.13. The molecule has 0 spiro atoms. The molecule has 1 heterocycles. The van der Waals surface area contributed by atoms with Crippen LogP contribution in [0.3, 0.4) is 0 Å². The number of nitrogens with zero attached hydrogens (tertiary/aromatic N) is 2. The average Bonchev–Trinajstić information content (AvgIpc) is 2.84. The monoisotopic (exact) mass is 273 g/mol. The maximum absolute atomic E-state index is 6.34. The lowest BCUT2D eigenvalue weighted by molar-refractivity contribution is -0.0201. The van der Waals surface area contributed by atoms with E-state index in [-0.39, 0.29) is 11.0 Å². The van der Waals surface area contributed by atoms with Crippen LogP contribution >= 0.6 is 0 Å². The zero-order valence-electron chi connectivity index (χ0n) is 12.0. The predicted molar refractivity (Wildman–Crippen MR) is 73.9 cm³/mol. The summed E-state index contributed by atoms with van der Waals surface area (Å²) in [4.78, 5) is 4.79. The third-order valence-corrected chi connectivity index (χ3v) is 6.61. The Kier molecular flexibility index (Phi) is 2.14. The fourth-order valence-electron chi connectivity index (χ4n) is 5.79. The Bertz CT molecular complexity index is 510. The van der Waals surface area contributed by atoms with E-state index in [9.17, 15) is 0 Å². The topological polar surface area (TPSA) is 64.9 Å². The second-order valence-electron chi connectivity index (χ2n) is 8.13. The molecular formula is C16H23N3O. The van der Waals surface area contributed by atoms with Crippen molar-refractivity contribution in [3.63, 3.8) is 0 Å². The van der Waals surface area contributed by atoms with Crippen molar-refractivity contribution in [2.45, 2.75) is 68.7 Å². The molecule has 108 valence electrons. The average molecular weight is 273 g/mol. The molecule has 20 heavy (non-hydrogen) atoms. The molecular weight excluding hydrogens is 250 g/mol.